The number of aldehydes is 1. The molecule has 2 atom stereocenters. The maximum absolute atomic E-state index is 11.0. The van der Waals surface area contributed by atoms with Crippen molar-refractivity contribution in [3.05, 3.63) is 33.9 Å². The monoisotopic (exact) mass is 277 g/mol. The van der Waals surface area contributed by atoms with Gasteiger partial charge in [-0.1, -0.05) is 6.92 Å². The summed E-state index contributed by atoms with van der Waals surface area (Å²) in [4.78, 5) is 25.7. The van der Waals surface area contributed by atoms with Gasteiger partial charge in [0.05, 0.1) is 10.5 Å². The quantitative estimate of drug-likeness (QED) is 0.477. The van der Waals surface area contributed by atoms with E-state index in [2.05, 4.69) is 30.8 Å². The Hall–Kier alpha value is -1.95. The van der Waals surface area contributed by atoms with Gasteiger partial charge in [0.15, 0.2) is 6.29 Å². The number of hydrogen-bond acceptors (Lipinski definition) is 5. The van der Waals surface area contributed by atoms with Gasteiger partial charge >= 0.3 is 0 Å². The van der Waals surface area contributed by atoms with Gasteiger partial charge in [0.1, 0.15) is 0 Å². The molecule has 1 aliphatic heterocycles. The van der Waals surface area contributed by atoms with Crippen LogP contribution in [0.5, 0.6) is 0 Å². The highest BCUT2D eigenvalue weighted by Crippen LogP contribution is 2.29. The third-order valence-electron chi connectivity index (χ3n) is 3.94. The van der Waals surface area contributed by atoms with Crippen LogP contribution in [0.25, 0.3) is 0 Å². The Bertz CT molecular complexity index is 530. The lowest BCUT2D eigenvalue weighted by molar-refractivity contribution is -0.385. The van der Waals surface area contributed by atoms with Gasteiger partial charge in [0.2, 0.25) is 0 Å². The second kappa shape index (κ2) is 5.58. The Morgan fingerprint density at radius 1 is 1.40 bits per heavy atom. The van der Waals surface area contributed by atoms with E-state index in [9.17, 15) is 14.9 Å². The molecule has 0 amide bonds. The van der Waals surface area contributed by atoms with Gasteiger partial charge < -0.3 is 9.80 Å². The van der Waals surface area contributed by atoms with Crippen LogP contribution in [0.1, 0.15) is 17.3 Å². The van der Waals surface area contributed by atoms with Crippen LogP contribution in [-0.4, -0.2) is 49.3 Å². The summed E-state index contributed by atoms with van der Waals surface area (Å²) in [6.45, 7) is 3.94. The summed E-state index contributed by atoms with van der Waals surface area (Å²) >= 11 is 0. The second-order valence-electron chi connectivity index (χ2n) is 5.53. The van der Waals surface area contributed by atoms with Crippen LogP contribution in [0, 0.1) is 16.0 Å². The number of likely N-dealkylation sites (N-methyl/N-ethyl adjacent to an activating group) is 1. The Balaban J connectivity index is 2.27. The lowest BCUT2D eigenvalue weighted by Crippen LogP contribution is -2.34. The number of nitrogens with zero attached hydrogens (tertiary/aromatic N) is 3. The first-order valence-electron chi connectivity index (χ1n) is 6.59. The smallest absolute Gasteiger partial charge is 0.280 e. The highest BCUT2D eigenvalue weighted by molar-refractivity contribution is 5.83. The average molecular weight is 277 g/mol. The number of nitro groups is 1. The molecule has 0 aliphatic carbocycles. The van der Waals surface area contributed by atoms with Crippen LogP contribution in [0.15, 0.2) is 18.2 Å². The Morgan fingerprint density at radius 3 is 2.60 bits per heavy atom. The maximum Gasteiger partial charge on any atom is 0.280 e. The van der Waals surface area contributed by atoms with Crippen molar-refractivity contribution < 1.29 is 9.72 Å². The van der Waals surface area contributed by atoms with Gasteiger partial charge in [-0.25, -0.2) is 0 Å². The van der Waals surface area contributed by atoms with E-state index in [4.69, 9.17) is 0 Å². The number of carbonyl (C=O) groups is 1. The molecule has 0 bridgehead atoms. The van der Waals surface area contributed by atoms with Gasteiger partial charge in [-0.2, -0.15) is 0 Å². The molecular weight excluding hydrogens is 258 g/mol. The predicted molar refractivity (Wildman–Crippen MR) is 77.3 cm³/mol. The molecule has 1 aliphatic rings. The molecular formula is C14H19N3O3. The van der Waals surface area contributed by atoms with Crippen LogP contribution >= 0.6 is 0 Å². The van der Waals surface area contributed by atoms with Gasteiger partial charge in [-0.3, -0.25) is 14.9 Å². The third-order valence-corrected chi connectivity index (χ3v) is 3.94. The fourth-order valence-electron chi connectivity index (χ4n) is 2.83. The van der Waals surface area contributed by atoms with Gasteiger partial charge in [0.25, 0.3) is 5.69 Å². The Kier molecular flexibility index (Phi) is 4.04. The molecule has 0 saturated carbocycles. The first-order valence-corrected chi connectivity index (χ1v) is 6.59. The minimum absolute atomic E-state index is 0.133. The molecule has 1 heterocycles. The zero-order chi connectivity index (χ0) is 14.9. The number of benzene rings is 1. The summed E-state index contributed by atoms with van der Waals surface area (Å²) in [6.07, 6.45) is 0.546. The Labute approximate surface area is 118 Å². The van der Waals surface area contributed by atoms with Crippen molar-refractivity contribution in [2.24, 2.45) is 5.92 Å². The van der Waals surface area contributed by atoms with E-state index < -0.39 is 4.92 Å². The van der Waals surface area contributed by atoms with Crippen molar-refractivity contribution in [2.45, 2.75) is 13.0 Å². The number of rotatable bonds is 4. The van der Waals surface area contributed by atoms with Crippen molar-refractivity contribution in [1.29, 1.82) is 0 Å². The summed E-state index contributed by atoms with van der Waals surface area (Å²) in [5.74, 6) is 0.514. The molecule has 2 rings (SSSR count). The van der Waals surface area contributed by atoms with Crippen molar-refractivity contribution in [1.82, 2.24) is 4.90 Å². The molecule has 108 valence electrons. The second-order valence-corrected chi connectivity index (χ2v) is 5.53. The van der Waals surface area contributed by atoms with E-state index in [0.29, 0.717) is 18.2 Å². The van der Waals surface area contributed by atoms with E-state index >= 15 is 0 Å². The number of anilines is 1. The van der Waals surface area contributed by atoms with Gasteiger partial charge in [0, 0.05) is 30.9 Å². The Morgan fingerprint density at radius 2 is 2.10 bits per heavy atom. The first-order chi connectivity index (χ1) is 9.43. The third kappa shape index (κ3) is 2.65. The van der Waals surface area contributed by atoms with Crippen LogP contribution in [0.2, 0.25) is 0 Å². The predicted octanol–water partition coefficient (Wildman–Crippen LogP) is 1.79. The van der Waals surface area contributed by atoms with Crippen LogP contribution < -0.4 is 4.90 Å². The maximum atomic E-state index is 11.0. The SMILES string of the molecule is CC1CN(c2ccc([N+](=O)[O-])c(C=O)c2)CC1N(C)C. The highest BCUT2D eigenvalue weighted by atomic mass is 16.6. The van der Waals surface area contributed by atoms with Crippen LogP contribution in [-0.2, 0) is 0 Å². The summed E-state index contributed by atoms with van der Waals surface area (Å²) < 4.78 is 0. The number of nitro benzene ring substituents is 1. The van der Waals surface area contributed by atoms with E-state index in [1.807, 2.05) is 0 Å². The molecule has 1 saturated heterocycles. The highest BCUT2D eigenvalue weighted by Gasteiger charge is 2.31. The fourth-order valence-corrected chi connectivity index (χ4v) is 2.83. The first kappa shape index (κ1) is 14.5. The molecule has 2 unspecified atom stereocenters. The van der Waals surface area contributed by atoms with Gasteiger partial charge in [-0.05, 0) is 32.1 Å². The minimum Gasteiger partial charge on any atom is -0.370 e. The largest absolute Gasteiger partial charge is 0.370 e. The van der Waals surface area contributed by atoms with Crippen molar-refractivity contribution >= 4 is 17.7 Å². The molecule has 0 spiro atoms. The van der Waals surface area contributed by atoms with Crippen molar-refractivity contribution in [3.8, 4) is 0 Å². The van der Waals surface area contributed by atoms with E-state index in [1.165, 1.54) is 6.07 Å². The molecule has 0 radical (unpaired) electrons. The van der Waals surface area contributed by atoms with Gasteiger partial charge in [-0.15, -0.1) is 0 Å². The summed E-state index contributed by atoms with van der Waals surface area (Å²) in [5, 5.41) is 10.8. The summed E-state index contributed by atoms with van der Waals surface area (Å²) in [5.41, 5.74) is 0.863. The molecule has 6 heteroatoms. The lowest BCUT2D eigenvalue weighted by atomic mass is 10.1. The zero-order valence-electron chi connectivity index (χ0n) is 11.9. The van der Waals surface area contributed by atoms with E-state index in [1.54, 1.807) is 12.1 Å². The molecule has 6 nitrogen and oxygen atoms in total. The summed E-state index contributed by atoms with van der Waals surface area (Å²) in [7, 11) is 4.11. The van der Waals surface area contributed by atoms with Crippen molar-refractivity contribution in [3.63, 3.8) is 0 Å². The molecule has 20 heavy (non-hydrogen) atoms. The standard InChI is InChI=1S/C14H19N3O3/c1-10-7-16(8-14(10)15(2)3)12-4-5-13(17(19)20)11(6-12)9-18/h4-6,9-10,14H,7-8H2,1-3H3. The van der Waals surface area contributed by atoms with E-state index in [0.717, 1.165) is 18.8 Å². The number of hydrogen-bond donors (Lipinski definition) is 0. The molecule has 1 aromatic rings. The normalized spacial score (nSPS) is 22.3. The molecule has 0 aromatic heterocycles. The number of carbonyl (C=O) groups excluding carboxylic acids is 1. The minimum atomic E-state index is -0.525. The van der Waals surface area contributed by atoms with E-state index in [-0.39, 0.29) is 11.3 Å². The fraction of sp³-hybridized carbons (Fsp3) is 0.500. The lowest BCUT2D eigenvalue weighted by Gasteiger charge is -2.23. The average Bonchev–Trinajstić information content (AvgIpc) is 2.80. The molecule has 1 aromatic carbocycles. The summed E-state index contributed by atoms with van der Waals surface area (Å²) in [6, 6.07) is 5.18. The van der Waals surface area contributed by atoms with Crippen LogP contribution in [0.4, 0.5) is 11.4 Å². The molecule has 1 fully saturated rings. The van der Waals surface area contributed by atoms with Crippen molar-refractivity contribution in [2.75, 3.05) is 32.1 Å². The zero-order valence-corrected chi connectivity index (χ0v) is 11.9. The molecule has 0 N–H and O–H groups in total. The topological polar surface area (TPSA) is 66.7 Å². The van der Waals surface area contributed by atoms with Crippen LogP contribution in [0.3, 0.4) is 0 Å².